The van der Waals surface area contributed by atoms with Gasteiger partial charge in [0.2, 0.25) is 0 Å². The number of aliphatic imine (C=N–C) groups is 1. The Morgan fingerprint density at radius 1 is 1.38 bits per heavy atom. The Hall–Kier alpha value is -0.860. The first-order chi connectivity index (χ1) is 11.2. The molecule has 1 aromatic rings. The van der Waals surface area contributed by atoms with Crippen LogP contribution in [0, 0.1) is 12.8 Å². The van der Waals surface area contributed by atoms with Crippen LogP contribution in [-0.2, 0) is 11.3 Å². The number of nitrogens with one attached hydrogen (secondary N) is 2. The summed E-state index contributed by atoms with van der Waals surface area (Å²) in [6, 6.07) is 8.32. The van der Waals surface area contributed by atoms with Gasteiger partial charge >= 0.3 is 0 Å². The summed E-state index contributed by atoms with van der Waals surface area (Å²) in [7, 11) is 0. The molecule has 1 aliphatic carbocycles. The summed E-state index contributed by atoms with van der Waals surface area (Å²) in [5.41, 5.74) is 2.41. The maximum Gasteiger partial charge on any atom is 0.191 e. The van der Waals surface area contributed by atoms with Gasteiger partial charge in [-0.2, -0.15) is 0 Å². The third-order valence-corrected chi connectivity index (χ3v) is 3.71. The molecule has 0 spiro atoms. The Morgan fingerprint density at radius 2 is 2.17 bits per heavy atom. The van der Waals surface area contributed by atoms with Crippen molar-refractivity contribution in [2.24, 2.45) is 10.9 Å². The van der Waals surface area contributed by atoms with E-state index >= 15 is 0 Å². The normalized spacial score (nSPS) is 15.5. The molecule has 0 aliphatic heterocycles. The largest absolute Gasteiger partial charge is 0.389 e. The van der Waals surface area contributed by atoms with Crippen molar-refractivity contribution >= 4 is 29.9 Å². The molecule has 0 amide bonds. The first-order valence-electron chi connectivity index (χ1n) is 8.51. The van der Waals surface area contributed by atoms with Crippen molar-refractivity contribution in [3.63, 3.8) is 0 Å². The summed E-state index contributed by atoms with van der Waals surface area (Å²) in [5, 5.41) is 16.3. The Labute approximate surface area is 162 Å². The van der Waals surface area contributed by atoms with E-state index in [1.165, 1.54) is 24.0 Å². The van der Waals surface area contributed by atoms with E-state index in [1.54, 1.807) is 0 Å². The highest BCUT2D eigenvalue weighted by Crippen LogP contribution is 2.28. The summed E-state index contributed by atoms with van der Waals surface area (Å²) >= 11 is 0. The number of ether oxygens (including phenoxy) is 1. The van der Waals surface area contributed by atoms with Gasteiger partial charge in [0.25, 0.3) is 0 Å². The maximum atomic E-state index is 9.95. The van der Waals surface area contributed by atoms with E-state index in [2.05, 4.69) is 40.7 Å². The maximum absolute atomic E-state index is 9.95. The minimum absolute atomic E-state index is 0. The summed E-state index contributed by atoms with van der Waals surface area (Å²) in [6.45, 7) is 7.09. The topological polar surface area (TPSA) is 65.9 Å². The zero-order valence-corrected chi connectivity index (χ0v) is 17.0. The highest BCUT2D eigenvalue weighted by atomic mass is 127. The van der Waals surface area contributed by atoms with E-state index in [0.29, 0.717) is 19.7 Å². The van der Waals surface area contributed by atoms with Crippen LogP contribution in [0.15, 0.2) is 29.3 Å². The fraction of sp³-hybridized carbons (Fsp3) is 0.611. The number of aliphatic hydroxyl groups excluding tert-OH is 1. The summed E-state index contributed by atoms with van der Waals surface area (Å²) in [4.78, 5) is 4.56. The average Bonchev–Trinajstić information content (AvgIpc) is 3.34. The van der Waals surface area contributed by atoms with Crippen LogP contribution < -0.4 is 10.6 Å². The van der Waals surface area contributed by atoms with Gasteiger partial charge in [-0.25, -0.2) is 4.99 Å². The molecule has 1 saturated carbocycles. The predicted octanol–water partition coefficient (Wildman–Crippen LogP) is 2.46. The summed E-state index contributed by atoms with van der Waals surface area (Å²) in [5.74, 6) is 1.44. The number of aryl methyl sites for hydroxylation is 1. The number of benzene rings is 1. The standard InChI is InChI=1S/C18H29N3O2.HI/c1-3-19-18(20-10-16-6-4-5-14(2)9-16)21-11-17(22)13-23-12-15-7-8-15;/h4-6,9,15,17,22H,3,7-8,10-13H2,1-2H3,(H2,19,20,21);1H. The van der Waals surface area contributed by atoms with Crippen LogP contribution in [0.25, 0.3) is 0 Å². The molecule has 2 rings (SSSR count). The van der Waals surface area contributed by atoms with Crippen LogP contribution in [0.1, 0.15) is 30.9 Å². The second-order valence-corrected chi connectivity index (χ2v) is 6.20. The van der Waals surface area contributed by atoms with Crippen LogP contribution in [0.4, 0.5) is 0 Å². The SMILES string of the molecule is CCNC(=NCc1cccc(C)c1)NCC(O)COCC1CC1.I. The molecule has 1 atom stereocenters. The van der Waals surface area contributed by atoms with Gasteiger partial charge in [-0.1, -0.05) is 29.8 Å². The van der Waals surface area contributed by atoms with E-state index in [0.717, 1.165) is 25.0 Å². The van der Waals surface area contributed by atoms with E-state index in [4.69, 9.17) is 4.74 Å². The molecule has 1 aliphatic rings. The lowest BCUT2D eigenvalue weighted by atomic mass is 10.1. The molecule has 0 radical (unpaired) electrons. The Kier molecular flexibility index (Phi) is 10.3. The molecular weight excluding hydrogens is 417 g/mol. The van der Waals surface area contributed by atoms with Gasteiger partial charge in [0.05, 0.1) is 19.3 Å². The summed E-state index contributed by atoms with van der Waals surface area (Å²) in [6.07, 6.45) is 2.02. The Balaban J connectivity index is 0.00000288. The zero-order chi connectivity index (χ0) is 16.5. The number of hydrogen-bond donors (Lipinski definition) is 3. The van der Waals surface area contributed by atoms with E-state index in [1.807, 2.05) is 13.0 Å². The van der Waals surface area contributed by atoms with Crippen molar-refractivity contribution < 1.29 is 9.84 Å². The molecule has 136 valence electrons. The molecule has 0 heterocycles. The van der Waals surface area contributed by atoms with E-state index < -0.39 is 6.10 Å². The molecule has 0 saturated heterocycles. The fourth-order valence-corrected chi connectivity index (χ4v) is 2.25. The molecule has 6 heteroatoms. The van der Waals surface area contributed by atoms with E-state index in [-0.39, 0.29) is 24.0 Å². The second kappa shape index (κ2) is 11.7. The molecule has 24 heavy (non-hydrogen) atoms. The van der Waals surface area contributed by atoms with Gasteiger partial charge in [0.15, 0.2) is 5.96 Å². The van der Waals surface area contributed by atoms with Gasteiger partial charge in [-0.15, -0.1) is 24.0 Å². The lowest BCUT2D eigenvalue weighted by molar-refractivity contribution is 0.0345. The van der Waals surface area contributed by atoms with Gasteiger partial charge in [0.1, 0.15) is 0 Å². The molecule has 1 fully saturated rings. The van der Waals surface area contributed by atoms with Crippen molar-refractivity contribution in [2.45, 2.75) is 39.3 Å². The number of aliphatic hydroxyl groups is 1. The predicted molar refractivity (Wildman–Crippen MR) is 109 cm³/mol. The highest BCUT2D eigenvalue weighted by Gasteiger charge is 2.21. The Morgan fingerprint density at radius 3 is 2.83 bits per heavy atom. The summed E-state index contributed by atoms with van der Waals surface area (Å²) < 4.78 is 5.50. The van der Waals surface area contributed by atoms with Gasteiger partial charge < -0.3 is 20.5 Å². The second-order valence-electron chi connectivity index (χ2n) is 6.20. The third-order valence-electron chi connectivity index (χ3n) is 3.71. The highest BCUT2D eigenvalue weighted by molar-refractivity contribution is 14.0. The van der Waals surface area contributed by atoms with Crippen molar-refractivity contribution in [3.05, 3.63) is 35.4 Å². The first kappa shape index (κ1) is 21.2. The molecule has 0 aromatic heterocycles. The zero-order valence-electron chi connectivity index (χ0n) is 14.6. The molecule has 3 N–H and O–H groups in total. The lowest BCUT2D eigenvalue weighted by Gasteiger charge is -2.15. The lowest BCUT2D eigenvalue weighted by Crippen LogP contribution is -2.42. The van der Waals surface area contributed by atoms with Crippen LogP contribution in [-0.4, -0.2) is 43.5 Å². The van der Waals surface area contributed by atoms with Crippen molar-refractivity contribution in [1.82, 2.24) is 10.6 Å². The van der Waals surface area contributed by atoms with E-state index in [9.17, 15) is 5.11 Å². The van der Waals surface area contributed by atoms with Gasteiger partial charge in [-0.3, -0.25) is 0 Å². The molecule has 0 bridgehead atoms. The fourth-order valence-electron chi connectivity index (χ4n) is 2.25. The van der Waals surface area contributed by atoms with Crippen molar-refractivity contribution in [1.29, 1.82) is 0 Å². The molecular formula is C18H30IN3O2. The van der Waals surface area contributed by atoms with Gasteiger partial charge in [-0.05, 0) is 38.2 Å². The minimum Gasteiger partial charge on any atom is -0.389 e. The van der Waals surface area contributed by atoms with Crippen LogP contribution >= 0.6 is 24.0 Å². The smallest absolute Gasteiger partial charge is 0.191 e. The monoisotopic (exact) mass is 447 g/mol. The van der Waals surface area contributed by atoms with Crippen LogP contribution in [0.3, 0.4) is 0 Å². The number of halogens is 1. The molecule has 5 nitrogen and oxygen atoms in total. The Bertz CT molecular complexity index is 507. The first-order valence-corrected chi connectivity index (χ1v) is 8.51. The number of hydrogen-bond acceptors (Lipinski definition) is 3. The number of rotatable bonds is 9. The minimum atomic E-state index is -0.517. The third kappa shape index (κ3) is 8.84. The molecule has 1 aromatic carbocycles. The van der Waals surface area contributed by atoms with Crippen molar-refractivity contribution in [2.75, 3.05) is 26.3 Å². The van der Waals surface area contributed by atoms with Crippen LogP contribution in [0.5, 0.6) is 0 Å². The quantitative estimate of drug-likeness (QED) is 0.309. The average molecular weight is 447 g/mol. The van der Waals surface area contributed by atoms with Crippen molar-refractivity contribution in [3.8, 4) is 0 Å². The van der Waals surface area contributed by atoms with Crippen LogP contribution in [0.2, 0.25) is 0 Å². The number of nitrogens with zero attached hydrogens (tertiary/aromatic N) is 1. The molecule has 1 unspecified atom stereocenters. The van der Waals surface area contributed by atoms with Gasteiger partial charge in [0, 0.05) is 19.7 Å². The number of guanidine groups is 1.